The molecule has 3 heterocycles. The van der Waals surface area contributed by atoms with Crippen molar-refractivity contribution in [2.24, 2.45) is 0 Å². The maximum atomic E-state index is 12.7. The smallest absolute Gasteiger partial charge is 0.230 e. The number of thioether (sulfide) groups is 1. The Labute approximate surface area is 177 Å². The van der Waals surface area contributed by atoms with Gasteiger partial charge in [-0.3, -0.25) is 4.79 Å². The minimum absolute atomic E-state index is 0.0380. The van der Waals surface area contributed by atoms with E-state index >= 15 is 0 Å². The third-order valence-electron chi connectivity index (χ3n) is 4.94. The third kappa shape index (κ3) is 3.76. The number of furan rings is 1. The lowest BCUT2D eigenvalue weighted by Crippen LogP contribution is -2.33. The van der Waals surface area contributed by atoms with Crippen LogP contribution in [0.4, 0.5) is 0 Å². The molecule has 0 bridgehead atoms. The molecule has 1 unspecified atom stereocenters. The summed E-state index contributed by atoms with van der Waals surface area (Å²) in [5, 5.41) is 4.81. The summed E-state index contributed by atoms with van der Waals surface area (Å²) in [7, 11) is 0. The maximum Gasteiger partial charge on any atom is 0.230 e. The van der Waals surface area contributed by atoms with Crippen molar-refractivity contribution in [3.63, 3.8) is 0 Å². The van der Waals surface area contributed by atoms with Crippen LogP contribution in [-0.2, 0) is 4.79 Å². The van der Waals surface area contributed by atoms with Crippen molar-refractivity contribution < 1.29 is 13.9 Å². The summed E-state index contributed by atoms with van der Waals surface area (Å²) in [5.74, 6) is 2.18. The Hall–Kier alpha value is -3.32. The number of nitrogens with one attached hydrogen (secondary N) is 1. The molecule has 5 rings (SSSR count). The number of rotatable bonds is 5. The average Bonchev–Trinajstić information content (AvgIpc) is 3.33. The van der Waals surface area contributed by atoms with Gasteiger partial charge in [0, 0.05) is 17.4 Å². The van der Waals surface area contributed by atoms with Gasteiger partial charge in [-0.2, -0.15) is 0 Å². The molecular weight excluding hydrogens is 398 g/mol. The number of fused-ring (bicyclic) bond motifs is 2. The minimum atomic E-state index is -0.0381. The number of nitrogens with zero attached hydrogens (tertiary/aromatic N) is 2. The van der Waals surface area contributed by atoms with Gasteiger partial charge in [-0.25, -0.2) is 9.97 Å². The van der Waals surface area contributed by atoms with Crippen LogP contribution in [0.15, 0.2) is 76.4 Å². The molecular formula is C23H19N3O3S. The van der Waals surface area contributed by atoms with E-state index in [1.54, 1.807) is 12.3 Å². The monoisotopic (exact) mass is 417 g/mol. The van der Waals surface area contributed by atoms with Gasteiger partial charge in [-0.1, -0.05) is 48.2 Å². The molecule has 2 aromatic carbocycles. The Balaban J connectivity index is 1.35. The van der Waals surface area contributed by atoms with Gasteiger partial charge in [0.15, 0.2) is 11.6 Å². The second-order valence-corrected chi connectivity index (χ2v) is 7.89. The fourth-order valence-electron chi connectivity index (χ4n) is 3.54. The molecule has 0 aliphatic carbocycles. The molecule has 1 amide bonds. The maximum absolute atomic E-state index is 12.7. The summed E-state index contributed by atoms with van der Waals surface area (Å²) in [5.41, 5.74) is 1.84. The van der Waals surface area contributed by atoms with Gasteiger partial charge in [0.25, 0.3) is 0 Å². The number of para-hydroxylation sites is 2. The van der Waals surface area contributed by atoms with Crippen LogP contribution in [-0.4, -0.2) is 28.2 Å². The zero-order valence-corrected chi connectivity index (χ0v) is 16.9. The highest BCUT2D eigenvalue weighted by atomic mass is 32.2. The van der Waals surface area contributed by atoms with E-state index in [9.17, 15) is 4.79 Å². The van der Waals surface area contributed by atoms with Crippen LogP contribution >= 0.6 is 11.8 Å². The standard InChI is InChI=1S/C23H19N3O3S/c27-21(24-18-11-13-29-19-9-4-2-6-15(18)19)14-30-23-16-7-1-3-8-17(16)25-22(26-23)20-10-5-12-28-20/h1-10,12,18H,11,13-14H2,(H,24,27). The molecule has 0 fully saturated rings. The first kappa shape index (κ1) is 18.7. The van der Waals surface area contributed by atoms with Crippen molar-refractivity contribution in [2.45, 2.75) is 17.5 Å². The van der Waals surface area contributed by atoms with Gasteiger partial charge < -0.3 is 14.5 Å². The third-order valence-corrected chi connectivity index (χ3v) is 5.93. The summed E-state index contributed by atoms with van der Waals surface area (Å²) in [6, 6.07) is 19.2. The minimum Gasteiger partial charge on any atom is -0.493 e. The van der Waals surface area contributed by atoms with Crippen LogP contribution in [0.2, 0.25) is 0 Å². The summed E-state index contributed by atoms with van der Waals surface area (Å²) < 4.78 is 11.1. The van der Waals surface area contributed by atoms with Gasteiger partial charge in [0.1, 0.15) is 10.8 Å². The molecule has 7 heteroatoms. The highest BCUT2D eigenvalue weighted by molar-refractivity contribution is 8.00. The molecule has 1 aliphatic rings. The molecule has 4 aromatic rings. The van der Waals surface area contributed by atoms with Gasteiger partial charge in [0.2, 0.25) is 5.91 Å². The molecule has 150 valence electrons. The van der Waals surface area contributed by atoms with Gasteiger partial charge in [-0.15, -0.1) is 0 Å². The molecule has 1 N–H and O–H groups in total. The van der Waals surface area contributed by atoms with Gasteiger partial charge >= 0.3 is 0 Å². The number of carbonyl (C=O) groups excluding carboxylic acids is 1. The quantitative estimate of drug-likeness (QED) is 0.377. The number of amides is 1. The van der Waals surface area contributed by atoms with Crippen LogP contribution in [0.3, 0.4) is 0 Å². The van der Waals surface area contributed by atoms with Crippen molar-refractivity contribution in [3.8, 4) is 17.3 Å². The van der Waals surface area contributed by atoms with Crippen LogP contribution in [0.5, 0.6) is 5.75 Å². The highest BCUT2D eigenvalue weighted by Crippen LogP contribution is 2.32. The summed E-state index contributed by atoms with van der Waals surface area (Å²) in [4.78, 5) is 22.0. The van der Waals surface area contributed by atoms with Crippen LogP contribution in [0.1, 0.15) is 18.0 Å². The van der Waals surface area contributed by atoms with E-state index in [4.69, 9.17) is 9.15 Å². The molecule has 1 aliphatic heterocycles. The summed E-state index contributed by atoms with van der Waals surface area (Å²) >= 11 is 1.40. The summed E-state index contributed by atoms with van der Waals surface area (Å²) in [6.07, 6.45) is 2.35. The largest absolute Gasteiger partial charge is 0.493 e. The molecule has 2 aromatic heterocycles. The average molecular weight is 417 g/mol. The van der Waals surface area contributed by atoms with E-state index in [1.807, 2.05) is 54.6 Å². The first-order chi connectivity index (χ1) is 14.8. The zero-order chi connectivity index (χ0) is 20.3. The molecule has 0 spiro atoms. The predicted molar refractivity (Wildman–Crippen MR) is 115 cm³/mol. The topological polar surface area (TPSA) is 77.2 Å². The number of ether oxygens (including phenoxy) is 1. The lowest BCUT2D eigenvalue weighted by molar-refractivity contribution is -0.119. The van der Waals surface area contributed by atoms with E-state index in [2.05, 4.69) is 15.3 Å². The fourth-order valence-corrected chi connectivity index (χ4v) is 4.37. The van der Waals surface area contributed by atoms with Crippen molar-refractivity contribution in [2.75, 3.05) is 12.4 Å². The fraction of sp³-hybridized carbons (Fsp3) is 0.174. The lowest BCUT2D eigenvalue weighted by Gasteiger charge is -2.26. The van der Waals surface area contributed by atoms with Crippen molar-refractivity contribution in [1.29, 1.82) is 0 Å². The van der Waals surface area contributed by atoms with Crippen molar-refractivity contribution >= 4 is 28.6 Å². The number of benzene rings is 2. The van der Waals surface area contributed by atoms with E-state index < -0.39 is 0 Å². The Morgan fingerprint density at radius 1 is 1.07 bits per heavy atom. The number of carbonyl (C=O) groups is 1. The molecule has 1 atom stereocenters. The lowest BCUT2D eigenvalue weighted by atomic mass is 10.0. The predicted octanol–water partition coefficient (Wildman–Crippen LogP) is 4.62. The second kappa shape index (κ2) is 8.20. The Bertz CT molecular complexity index is 1190. The van der Waals surface area contributed by atoms with Gasteiger partial charge in [0.05, 0.1) is 30.2 Å². The highest BCUT2D eigenvalue weighted by Gasteiger charge is 2.23. The normalized spacial score (nSPS) is 15.4. The Morgan fingerprint density at radius 3 is 2.83 bits per heavy atom. The second-order valence-electron chi connectivity index (χ2n) is 6.93. The van der Waals surface area contributed by atoms with E-state index in [-0.39, 0.29) is 17.7 Å². The van der Waals surface area contributed by atoms with Crippen LogP contribution in [0, 0.1) is 0 Å². The SMILES string of the molecule is O=C(CSc1nc(-c2ccco2)nc2ccccc12)NC1CCOc2ccccc21. The molecule has 0 saturated heterocycles. The molecule has 0 radical (unpaired) electrons. The number of hydrogen-bond acceptors (Lipinski definition) is 6. The first-order valence-electron chi connectivity index (χ1n) is 9.72. The number of aromatic nitrogens is 2. The Kier molecular flexibility index (Phi) is 5.11. The van der Waals surface area contributed by atoms with Crippen LogP contribution < -0.4 is 10.1 Å². The van der Waals surface area contributed by atoms with E-state index in [0.717, 1.165) is 33.7 Å². The molecule has 6 nitrogen and oxygen atoms in total. The summed E-state index contributed by atoms with van der Waals surface area (Å²) in [6.45, 7) is 0.595. The number of hydrogen-bond donors (Lipinski definition) is 1. The van der Waals surface area contributed by atoms with Gasteiger partial charge in [-0.05, 0) is 24.3 Å². The van der Waals surface area contributed by atoms with Crippen molar-refractivity contribution in [3.05, 3.63) is 72.5 Å². The van der Waals surface area contributed by atoms with Crippen LogP contribution in [0.25, 0.3) is 22.5 Å². The zero-order valence-electron chi connectivity index (χ0n) is 16.1. The Morgan fingerprint density at radius 2 is 1.93 bits per heavy atom. The van der Waals surface area contributed by atoms with Crippen molar-refractivity contribution in [1.82, 2.24) is 15.3 Å². The van der Waals surface area contributed by atoms with E-state index in [0.29, 0.717) is 18.2 Å². The molecule has 0 saturated carbocycles. The van der Waals surface area contributed by atoms with E-state index in [1.165, 1.54) is 11.8 Å². The molecule has 30 heavy (non-hydrogen) atoms. The first-order valence-corrected chi connectivity index (χ1v) is 10.7.